The fourth-order valence-corrected chi connectivity index (χ4v) is 3.38. The lowest BCUT2D eigenvalue weighted by atomic mass is 9.96. The van der Waals surface area contributed by atoms with Crippen LogP contribution in [-0.4, -0.2) is 41.3 Å². The molecule has 3 rings (SSSR count). The maximum atomic E-state index is 13.0. The predicted octanol–water partition coefficient (Wildman–Crippen LogP) is 4.04. The van der Waals surface area contributed by atoms with E-state index in [1.54, 1.807) is 12.1 Å². The highest BCUT2D eigenvalue weighted by Gasteiger charge is 2.34. The van der Waals surface area contributed by atoms with Gasteiger partial charge in [-0.3, -0.25) is 14.5 Å². The van der Waals surface area contributed by atoms with Crippen LogP contribution in [0.1, 0.15) is 18.4 Å². The van der Waals surface area contributed by atoms with E-state index < -0.39 is 17.6 Å². The number of nitrogens with one attached hydrogen (secondary N) is 2. The molecule has 0 radical (unpaired) electrons. The third kappa shape index (κ3) is 5.93. The van der Waals surface area contributed by atoms with Gasteiger partial charge in [0, 0.05) is 12.1 Å². The number of pyridine rings is 1. The van der Waals surface area contributed by atoms with Crippen molar-refractivity contribution in [3.05, 3.63) is 53.2 Å². The van der Waals surface area contributed by atoms with Crippen LogP contribution in [0.2, 0.25) is 5.02 Å². The fourth-order valence-electron chi connectivity index (χ4n) is 3.26. The Morgan fingerprint density at radius 2 is 1.80 bits per heavy atom. The zero-order valence-electron chi connectivity index (χ0n) is 15.9. The average Bonchev–Trinajstić information content (AvgIpc) is 2.70. The molecule has 0 bridgehead atoms. The highest BCUT2D eigenvalue weighted by atomic mass is 35.5. The summed E-state index contributed by atoms with van der Waals surface area (Å²) >= 11 is 5.77. The molecule has 0 atom stereocenters. The molecule has 1 fully saturated rings. The summed E-state index contributed by atoms with van der Waals surface area (Å²) in [6, 6.07) is 8.09. The van der Waals surface area contributed by atoms with E-state index in [0.717, 1.165) is 6.07 Å². The van der Waals surface area contributed by atoms with Crippen molar-refractivity contribution >= 4 is 34.9 Å². The Hall–Kier alpha value is -2.65. The molecule has 2 heterocycles. The molecule has 6 nitrogen and oxygen atoms in total. The number of amides is 2. The third-order valence-electron chi connectivity index (χ3n) is 4.81. The number of hydrogen-bond donors (Lipinski definition) is 2. The maximum absolute atomic E-state index is 13.0. The number of carbonyl (C=O) groups excluding carboxylic acids is 2. The van der Waals surface area contributed by atoms with Crippen molar-refractivity contribution in [2.45, 2.75) is 19.0 Å². The summed E-state index contributed by atoms with van der Waals surface area (Å²) in [5.74, 6) is -0.504. The van der Waals surface area contributed by atoms with E-state index in [1.807, 2.05) is 4.90 Å². The summed E-state index contributed by atoms with van der Waals surface area (Å²) in [5.41, 5.74) is -1.15. The molecule has 2 N–H and O–H groups in total. The van der Waals surface area contributed by atoms with Crippen molar-refractivity contribution < 1.29 is 22.8 Å². The lowest BCUT2D eigenvalue weighted by molar-refractivity contribution is -0.137. The molecule has 160 valence electrons. The first-order chi connectivity index (χ1) is 14.2. The normalized spacial score (nSPS) is 15.6. The zero-order valence-corrected chi connectivity index (χ0v) is 16.6. The maximum Gasteiger partial charge on any atom is 0.418 e. The minimum Gasteiger partial charge on any atom is -0.324 e. The molecule has 1 aliphatic rings. The Bertz CT molecular complexity index is 898. The lowest BCUT2D eigenvalue weighted by Crippen LogP contribution is -2.42. The lowest BCUT2D eigenvalue weighted by Gasteiger charge is -2.30. The smallest absolute Gasteiger partial charge is 0.324 e. The minimum absolute atomic E-state index is 0.0424. The molecule has 1 aromatic carbocycles. The van der Waals surface area contributed by atoms with Crippen molar-refractivity contribution in [2.75, 3.05) is 30.3 Å². The number of para-hydroxylation sites is 1. The monoisotopic (exact) mass is 440 g/mol. The van der Waals surface area contributed by atoms with Crippen LogP contribution in [0.15, 0.2) is 42.6 Å². The zero-order chi connectivity index (χ0) is 21.7. The SMILES string of the molecule is O=C(CN1CCC(C(=O)Nc2ccc(Cl)cn2)CC1)Nc1ccccc1C(F)(F)F. The topological polar surface area (TPSA) is 74.3 Å². The van der Waals surface area contributed by atoms with Gasteiger partial charge in [0.05, 0.1) is 22.8 Å². The van der Waals surface area contributed by atoms with Gasteiger partial charge < -0.3 is 10.6 Å². The Kier molecular flexibility index (Phi) is 6.94. The summed E-state index contributed by atoms with van der Waals surface area (Å²) in [6.45, 7) is 0.931. The van der Waals surface area contributed by atoms with Gasteiger partial charge in [-0.2, -0.15) is 13.2 Å². The minimum atomic E-state index is -4.55. The summed E-state index contributed by atoms with van der Waals surface area (Å²) < 4.78 is 39.1. The van der Waals surface area contributed by atoms with Crippen LogP contribution in [0, 0.1) is 5.92 Å². The van der Waals surface area contributed by atoms with E-state index in [-0.39, 0.29) is 24.1 Å². The molecular formula is C20H20ClF3N4O2. The standard InChI is InChI=1S/C20H20ClF3N4O2/c21-14-5-6-17(25-11-14)27-19(30)13-7-9-28(10-8-13)12-18(29)26-16-4-2-1-3-15(16)20(22,23)24/h1-6,11,13H,7-10,12H2,(H,26,29)(H,25,27,30). The molecule has 2 amide bonds. The number of nitrogens with zero attached hydrogens (tertiary/aromatic N) is 2. The van der Waals surface area contributed by atoms with Gasteiger partial charge in [0.1, 0.15) is 5.82 Å². The molecule has 0 spiro atoms. The Morgan fingerprint density at radius 1 is 1.10 bits per heavy atom. The van der Waals surface area contributed by atoms with E-state index in [9.17, 15) is 22.8 Å². The number of carbonyl (C=O) groups is 2. The van der Waals surface area contributed by atoms with Crippen LogP contribution in [0.4, 0.5) is 24.7 Å². The number of anilines is 2. The van der Waals surface area contributed by atoms with E-state index in [0.29, 0.717) is 36.8 Å². The van der Waals surface area contributed by atoms with Gasteiger partial charge in [-0.05, 0) is 50.2 Å². The number of hydrogen-bond acceptors (Lipinski definition) is 4. The third-order valence-corrected chi connectivity index (χ3v) is 5.03. The van der Waals surface area contributed by atoms with Crippen molar-refractivity contribution in [3.8, 4) is 0 Å². The molecule has 2 aromatic rings. The van der Waals surface area contributed by atoms with Gasteiger partial charge in [-0.25, -0.2) is 4.98 Å². The van der Waals surface area contributed by atoms with Gasteiger partial charge in [0.15, 0.2) is 0 Å². The predicted molar refractivity (Wildman–Crippen MR) is 107 cm³/mol. The summed E-state index contributed by atoms with van der Waals surface area (Å²) in [6.07, 6.45) is -2.04. The molecular weight excluding hydrogens is 421 g/mol. The molecule has 1 aromatic heterocycles. The molecule has 10 heteroatoms. The number of benzene rings is 1. The number of alkyl halides is 3. The van der Waals surface area contributed by atoms with E-state index in [1.165, 1.54) is 24.4 Å². The molecule has 0 saturated carbocycles. The van der Waals surface area contributed by atoms with Gasteiger partial charge >= 0.3 is 6.18 Å². The highest BCUT2D eigenvalue weighted by Crippen LogP contribution is 2.34. The number of piperidine rings is 1. The van der Waals surface area contributed by atoms with Crippen LogP contribution in [0.5, 0.6) is 0 Å². The van der Waals surface area contributed by atoms with E-state index >= 15 is 0 Å². The first kappa shape index (κ1) is 22.0. The van der Waals surface area contributed by atoms with Crippen molar-refractivity contribution in [1.82, 2.24) is 9.88 Å². The molecule has 1 saturated heterocycles. The first-order valence-electron chi connectivity index (χ1n) is 9.33. The summed E-state index contributed by atoms with van der Waals surface area (Å²) in [7, 11) is 0. The van der Waals surface area contributed by atoms with Gasteiger partial charge in [0.2, 0.25) is 11.8 Å². The Morgan fingerprint density at radius 3 is 2.43 bits per heavy atom. The quantitative estimate of drug-likeness (QED) is 0.735. The van der Waals surface area contributed by atoms with Crippen LogP contribution >= 0.6 is 11.6 Å². The largest absolute Gasteiger partial charge is 0.418 e. The van der Waals surface area contributed by atoms with Gasteiger partial charge in [-0.1, -0.05) is 23.7 Å². The highest BCUT2D eigenvalue weighted by molar-refractivity contribution is 6.30. The second kappa shape index (κ2) is 9.44. The van der Waals surface area contributed by atoms with Crippen LogP contribution < -0.4 is 10.6 Å². The number of rotatable bonds is 5. The number of halogens is 4. The Balaban J connectivity index is 1.48. The van der Waals surface area contributed by atoms with Crippen LogP contribution in [-0.2, 0) is 15.8 Å². The van der Waals surface area contributed by atoms with E-state index in [4.69, 9.17) is 11.6 Å². The van der Waals surface area contributed by atoms with Gasteiger partial charge in [-0.15, -0.1) is 0 Å². The molecule has 0 aliphatic carbocycles. The molecule has 0 unspecified atom stereocenters. The van der Waals surface area contributed by atoms with Crippen molar-refractivity contribution in [2.24, 2.45) is 5.92 Å². The summed E-state index contributed by atoms with van der Waals surface area (Å²) in [4.78, 5) is 30.4. The fraction of sp³-hybridized carbons (Fsp3) is 0.350. The van der Waals surface area contributed by atoms with Crippen LogP contribution in [0.25, 0.3) is 0 Å². The van der Waals surface area contributed by atoms with Gasteiger partial charge in [0.25, 0.3) is 0 Å². The molecule has 30 heavy (non-hydrogen) atoms. The van der Waals surface area contributed by atoms with Crippen molar-refractivity contribution in [1.29, 1.82) is 0 Å². The molecule has 1 aliphatic heterocycles. The second-order valence-electron chi connectivity index (χ2n) is 6.99. The summed E-state index contributed by atoms with van der Waals surface area (Å²) in [5, 5.41) is 5.54. The number of aromatic nitrogens is 1. The second-order valence-corrected chi connectivity index (χ2v) is 7.43. The van der Waals surface area contributed by atoms with Crippen LogP contribution in [0.3, 0.4) is 0 Å². The number of likely N-dealkylation sites (tertiary alicyclic amines) is 1. The first-order valence-corrected chi connectivity index (χ1v) is 9.71. The average molecular weight is 441 g/mol. The van der Waals surface area contributed by atoms with E-state index in [2.05, 4.69) is 15.6 Å². The Labute approximate surface area is 176 Å². The van der Waals surface area contributed by atoms with Crippen molar-refractivity contribution in [3.63, 3.8) is 0 Å².